The third-order valence-electron chi connectivity index (χ3n) is 3.13. The number of halogens is 2. The van der Waals surface area contributed by atoms with Gasteiger partial charge in [-0.25, -0.2) is 0 Å². The first kappa shape index (κ1) is 17.3. The van der Waals surface area contributed by atoms with E-state index in [0.717, 1.165) is 0 Å². The Morgan fingerprint density at radius 3 is 2.04 bits per heavy atom. The second-order valence-corrected chi connectivity index (χ2v) is 6.06. The number of nitrogens with one attached hydrogen (secondary N) is 2. The number of hydrogen-bond acceptors (Lipinski definition) is 2. The summed E-state index contributed by atoms with van der Waals surface area (Å²) in [7, 11) is 0. The van der Waals surface area contributed by atoms with Crippen LogP contribution in [0.3, 0.4) is 0 Å². The fraction of sp³-hybridized carbons (Fsp3) is 0.176. The number of rotatable bonds is 4. The van der Waals surface area contributed by atoms with Gasteiger partial charge in [-0.05, 0) is 36.4 Å². The Labute approximate surface area is 144 Å². The summed E-state index contributed by atoms with van der Waals surface area (Å²) in [4.78, 5) is 23.8. The van der Waals surface area contributed by atoms with E-state index in [9.17, 15) is 9.59 Å². The van der Waals surface area contributed by atoms with Gasteiger partial charge < -0.3 is 10.6 Å². The van der Waals surface area contributed by atoms with Crippen LogP contribution in [0.25, 0.3) is 0 Å². The summed E-state index contributed by atoms with van der Waals surface area (Å²) in [6.07, 6.45) is 0. The second kappa shape index (κ2) is 7.49. The summed E-state index contributed by atoms with van der Waals surface area (Å²) >= 11 is 11.9. The lowest BCUT2D eigenvalue weighted by molar-refractivity contribution is -0.118. The lowest BCUT2D eigenvalue weighted by Crippen LogP contribution is -2.17. The summed E-state index contributed by atoms with van der Waals surface area (Å²) in [6, 6.07) is 11.7. The molecule has 2 amide bonds. The molecular formula is C17H16Cl2N2O2. The zero-order chi connectivity index (χ0) is 17.0. The van der Waals surface area contributed by atoms with Crippen LogP contribution in [-0.4, -0.2) is 11.8 Å². The van der Waals surface area contributed by atoms with Crippen molar-refractivity contribution < 1.29 is 9.59 Å². The molecule has 2 aromatic rings. The Hall–Kier alpha value is -2.04. The normalized spacial score (nSPS) is 10.5. The fourth-order valence-electron chi connectivity index (χ4n) is 1.80. The monoisotopic (exact) mass is 350 g/mol. The van der Waals surface area contributed by atoms with Crippen LogP contribution in [0, 0.1) is 5.92 Å². The number of hydrogen-bond donors (Lipinski definition) is 2. The van der Waals surface area contributed by atoms with E-state index in [2.05, 4.69) is 10.6 Å². The Bertz CT molecular complexity index is 728. The van der Waals surface area contributed by atoms with Gasteiger partial charge in [-0.3, -0.25) is 9.59 Å². The van der Waals surface area contributed by atoms with Gasteiger partial charge in [0.05, 0.1) is 15.6 Å². The highest BCUT2D eigenvalue weighted by atomic mass is 35.5. The third-order valence-corrected chi connectivity index (χ3v) is 3.95. The molecule has 0 aromatic heterocycles. The molecule has 0 fully saturated rings. The first-order valence-corrected chi connectivity index (χ1v) is 7.80. The van der Waals surface area contributed by atoms with Crippen LogP contribution >= 0.6 is 23.2 Å². The minimum atomic E-state index is -0.350. The maximum atomic E-state index is 12.2. The van der Waals surface area contributed by atoms with E-state index >= 15 is 0 Å². The van der Waals surface area contributed by atoms with E-state index < -0.39 is 0 Å². The van der Waals surface area contributed by atoms with Crippen LogP contribution in [0.5, 0.6) is 0 Å². The number of benzene rings is 2. The van der Waals surface area contributed by atoms with Crippen molar-refractivity contribution in [2.45, 2.75) is 13.8 Å². The first-order valence-electron chi connectivity index (χ1n) is 7.04. The predicted molar refractivity (Wildman–Crippen MR) is 94.3 cm³/mol. The number of amides is 2. The van der Waals surface area contributed by atoms with Crippen molar-refractivity contribution in [2.24, 2.45) is 5.92 Å². The lowest BCUT2D eigenvalue weighted by Gasteiger charge is -2.10. The minimum Gasteiger partial charge on any atom is -0.326 e. The molecule has 0 saturated heterocycles. The van der Waals surface area contributed by atoms with Gasteiger partial charge in [-0.2, -0.15) is 0 Å². The Kier molecular flexibility index (Phi) is 5.64. The number of carbonyl (C=O) groups is 2. The molecule has 6 heteroatoms. The molecule has 2 aromatic carbocycles. The molecule has 120 valence electrons. The molecule has 23 heavy (non-hydrogen) atoms. The highest BCUT2D eigenvalue weighted by molar-refractivity contribution is 6.44. The molecule has 0 aliphatic heterocycles. The summed E-state index contributed by atoms with van der Waals surface area (Å²) in [6.45, 7) is 3.64. The van der Waals surface area contributed by atoms with Crippen molar-refractivity contribution in [3.63, 3.8) is 0 Å². The van der Waals surface area contributed by atoms with Gasteiger partial charge in [-0.15, -0.1) is 0 Å². The SMILES string of the molecule is CC(C)C(=O)Nc1ccc(NC(=O)c2cccc(Cl)c2Cl)cc1. The van der Waals surface area contributed by atoms with Gasteiger partial charge in [-0.1, -0.05) is 43.1 Å². The molecule has 4 nitrogen and oxygen atoms in total. The standard InChI is InChI=1S/C17H16Cl2N2O2/c1-10(2)16(22)20-11-6-8-12(9-7-11)21-17(23)13-4-3-5-14(18)15(13)19/h3-10H,1-2H3,(H,20,22)(H,21,23). The largest absolute Gasteiger partial charge is 0.326 e. The zero-order valence-electron chi connectivity index (χ0n) is 12.7. The van der Waals surface area contributed by atoms with E-state index in [1.165, 1.54) is 0 Å². The van der Waals surface area contributed by atoms with Gasteiger partial charge in [0.25, 0.3) is 5.91 Å². The first-order chi connectivity index (χ1) is 10.9. The number of anilines is 2. The van der Waals surface area contributed by atoms with Crippen LogP contribution in [0.1, 0.15) is 24.2 Å². The molecule has 0 spiro atoms. The summed E-state index contributed by atoms with van der Waals surface area (Å²) < 4.78 is 0. The quantitative estimate of drug-likeness (QED) is 0.828. The minimum absolute atomic E-state index is 0.0625. The van der Waals surface area contributed by atoms with Crippen LogP contribution in [0.4, 0.5) is 11.4 Å². The van der Waals surface area contributed by atoms with Crippen LogP contribution in [0.2, 0.25) is 10.0 Å². The molecule has 0 radical (unpaired) electrons. The van der Waals surface area contributed by atoms with Crippen LogP contribution in [-0.2, 0) is 4.79 Å². The highest BCUT2D eigenvalue weighted by Gasteiger charge is 2.13. The third kappa shape index (κ3) is 4.47. The Morgan fingerprint density at radius 1 is 0.913 bits per heavy atom. The molecule has 0 aliphatic rings. The van der Waals surface area contributed by atoms with E-state index in [0.29, 0.717) is 22.0 Å². The van der Waals surface area contributed by atoms with Crippen molar-refractivity contribution >= 4 is 46.4 Å². The molecule has 0 bridgehead atoms. The Balaban J connectivity index is 2.07. The molecular weight excluding hydrogens is 335 g/mol. The average Bonchev–Trinajstić information content (AvgIpc) is 2.51. The fourth-order valence-corrected chi connectivity index (χ4v) is 2.19. The molecule has 0 atom stereocenters. The second-order valence-electron chi connectivity index (χ2n) is 5.28. The lowest BCUT2D eigenvalue weighted by atomic mass is 10.2. The Morgan fingerprint density at radius 2 is 1.48 bits per heavy atom. The molecule has 0 heterocycles. The van der Waals surface area contributed by atoms with Crippen molar-refractivity contribution in [1.29, 1.82) is 0 Å². The molecule has 0 saturated carbocycles. The van der Waals surface area contributed by atoms with E-state index in [-0.39, 0.29) is 22.8 Å². The smallest absolute Gasteiger partial charge is 0.257 e. The van der Waals surface area contributed by atoms with Gasteiger partial charge in [0, 0.05) is 17.3 Å². The van der Waals surface area contributed by atoms with Crippen LogP contribution in [0.15, 0.2) is 42.5 Å². The molecule has 2 N–H and O–H groups in total. The van der Waals surface area contributed by atoms with E-state index in [4.69, 9.17) is 23.2 Å². The predicted octanol–water partition coefficient (Wildman–Crippen LogP) is 4.84. The molecule has 0 aliphatic carbocycles. The van der Waals surface area contributed by atoms with Gasteiger partial charge in [0.15, 0.2) is 0 Å². The number of carbonyl (C=O) groups excluding carboxylic acids is 2. The van der Waals surface area contributed by atoms with E-state index in [1.807, 2.05) is 13.8 Å². The van der Waals surface area contributed by atoms with Crippen molar-refractivity contribution in [3.05, 3.63) is 58.1 Å². The van der Waals surface area contributed by atoms with Crippen molar-refractivity contribution in [1.82, 2.24) is 0 Å². The van der Waals surface area contributed by atoms with Gasteiger partial charge >= 0.3 is 0 Å². The van der Waals surface area contributed by atoms with Crippen molar-refractivity contribution in [3.8, 4) is 0 Å². The topological polar surface area (TPSA) is 58.2 Å². The van der Waals surface area contributed by atoms with Crippen LogP contribution < -0.4 is 10.6 Å². The zero-order valence-corrected chi connectivity index (χ0v) is 14.2. The maximum absolute atomic E-state index is 12.2. The molecule has 2 rings (SSSR count). The maximum Gasteiger partial charge on any atom is 0.257 e. The van der Waals surface area contributed by atoms with Gasteiger partial charge in [0.2, 0.25) is 5.91 Å². The average molecular weight is 351 g/mol. The molecule has 0 unspecified atom stereocenters. The van der Waals surface area contributed by atoms with E-state index in [1.54, 1.807) is 42.5 Å². The summed E-state index contributed by atoms with van der Waals surface area (Å²) in [5.74, 6) is -0.511. The van der Waals surface area contributed by atoms with Gasteiger partial charge in [0.1, 0.15) is 0 Å². The summed E-state index contributed by atoms with van der Waals surface area (Å²) in [5, 5.41) is 6.06. The highest BCUT2D eigenvalue weighted by Crippen LogP contribution is 2.26. The van der Waals surface area contributed by atoms with Crippen molar-refractivity contribution in [2.75, 3.05) is 10.6 Å². The summed E-state index contributed by atoms with van der Waals surface area (Å²) in [5.41, 5.74) is 1.56.